The summed E-state index contributed by atoms with van der Waals surface area (Å²) in [6, 6.07) is 10.1. The number of thiophene rings is 1. The number of hydrogen-bond acceptors (Lipinski definition) is 4. The Kier molecular flexibility index (Phi) is 4.29. The van der Waals surface area contributed by atoms with Crippen molar-refractivity contribution in [2.45, 2.75) is 38.4 Å². The summed E-state index contributed by atoms with van der Waals surface area (Å²) < 4.78 is 5.68. The Bertz CT molecular complexity index is 742. The van der Waals surface area contributed by atoms with Gasteiger partial charge in [0, 0.05) is 30.0 Å². The van der Waals surface area contributed by atoms with E-state index in [0.29, 0.717) is 6.61 Å². The molecule has 1 aromatic carbocycles. The highest BCUT2D eigenvalue weighted by molar-refractivity contribution is 7.10. The maximum absolute atomic E-state index is 12.8. The molecule has 0 saturated carbocycles. The fraction of sp³-hybridized carbons (Fsp3) is 0.421. The second-order valence-electron chi connectivity index (χ2n) is 6.50. The summed E-state index contributed by atoms with van der Waals surface area (Å²) in [4.78, 5) is 16.5. The van der Waals surface area contributed by atoms with Crippen molar-refractivity contribution in [2.24, 2.45) is 0 Å². The van der Waals surface area contributed by atoms with Crippen LogP contribution in [0.5, 0.6) is 5.75 Å². The van der Waals surface area contributed by atoms with Gasteiger partial charge < -0.3 is 10.1 Å². The van der Waals surface area contributed by atoms with Gasteiger partial charge in [-0.1, -0.05) is 18.2 Å². The lowest BCUT2D eigenvalue weighted by atomic mass is 10.00. The highest BCUT2D eigenvalue weighted by Gasteiger charge is 2.29. The van der Waals surface area contributed by atoms with Crippen molar-refractivity contribution in [1.29, 1.82) is 0 Å². The summed E-state index contributed by atoms with van der Waals surface area (Å²) >= 11 is 1.83. The molecule has 0 unspecified atom stereocenters. The lowest BCUT2D eigenvalue weighted by molar-refractivity contribution is -0.127. The van der Waals surface area contributed by atoms with Crippen LogP contribution in [0.4, 0.5) is 0 Å². The van der Waals surface area contributed by atoms with Crippen LogP contribution in [0.2, 0.25) is 0 Å². The van der Waals surface area contributed by atoms with Crippen LogP contribution in [-0.2, 0) is 17.8 Å². The number of hydrogen-bond donors (Lipinski definition) is 1. The molecule has 2 atom stereocenters. The molecule has 0 radical (unpaired) electrons. The van der Waals surface area contributed by atoms with E-state index < -0.39 is 0 Å². The van der Waals surface area contributed by atoms with Gasteiger partial charge in [-0.3, -0.25) is 9.69 Å². The lowest BCUT2D eigenvalue weighted by Crippen LogP contribution is -2.48. The van der Waals surface area contributed by atoms with E-state index in [1.165, 1.54) is 10.4 Å². The van der Waals surface area contributed by atoms with Crippen molar-refractivity contribution in [3.05, 3.63) is 51.7 Å². The molecule has 2 aliphatic rings. The van der Waals surface area contributed by atoms with Crippen LogP contribution < -0.4 is 10.1 Å². The molecule has 0 fully saturated rings. The maximum Gasteiger partial charge on any atom is 0.237 e. The minimum atomic E-state index is -0.118. The van der Waals surface area contributed by atoms with E-state index in [9.17, 15) is 4.79 Å². The summed E-state index contributed by atoms with van der Waals surface area (Å²) in [5, 5.41) is 5.38. The normalized spacial score (nSPS) is 21.3. The van der Waals surface area contributed by atoms with E-state index in [0.717, 1.165) is 37.2 Å². The monoisotopic (exact) mass is 342 g/mol. The Hall–Kier alpha value is -1.85. The number of nitrogens with one attached hydrogen (secondary N) is 1. The number of rotatable bonds is 3. The molecule has 1 amide bonds. The van der Waals surface area contributed by atoms with Gasteiger partial charge >= 0.3 is 0 Å². The van der Waals surface area contributed by atoms with Crippen LogP contribution in [0, 0.1) is 0 Å². The van der Waals surface area contributed by atoms with Gasteiger partial charge in [0.2, 0.25) is 5.91 Å². The fourth-order valence-electron chi connectivity index (χ4n) is 3.55. The van der Waals surface area contributed by atoms with Crippen LogP contribution in [0.3, 0.4) is 0 Å². The van der Waals surface area contributed by atoms with Crippen LogP contribution in [0.15, 0.2) is 35.7 Å². The number of benzene rings is 1. The molecule has 3 heterocycles. The predicted molar refractivity (Wildman–Crippen MR) is 95.3 cm³/mol. The Morgan fingerprint density at radius 1 is 1.38 bits per heavy atom. The Morgan fingerprint density at radius 3 is 3.17 bits per heavy atom. The number of carbonyl (C=O) groups is 1. The highest BCUT2D eigenvalue weighted by Crippen LogP contribution is 2.32. The SMILES string of the molecule is C[C@@H](C(=O)N[C@@H]1CCOc2ccccc21)N1CCc2sccc2C1. The quantitative estimate of drug-likeness (QED) is 0.932. The van der Waals surface area contributed by atoms with E-state index in [2.05, 4.69) is 21.7 Å². The summed E-state index contributed by atoms with van der Waals surface area (Å²) in [6.45, 7) is 4.49. The number of amides is 1. The van der Waals surface area contributed by atoms with Crippen molar-refractivity contribution in [1.82, 2.24) is 10.2 Å². The standard InChI is InChI=1S/C19H22N2O2S/c1-13(21-9-6-18-14(12-21)8-11-24-18)19(22)20-16-7-10-23-17-5-3-2-4-15(16)17/h2-5,8,11,13,16H,6-7,9-10,12H2,1H3,(H,20,22)/t13-,16+/m0/s1. The smallest absolute Gasteiger partial charge is 0.237 e. The second kappa shape index (κ2) is 6.57. The molecule has 4 rings (SSSR count). The van der Waals surface area contributed by atoms with Gasteiger partial charge in [0.05, 0.1) is 18.7 Å². The van der Waals surface area contributed by atoms with Gasteiger partial charge in [-0.15, -0.1) is 11.3 Å². The van der Waals surface area contributed by atoms with E-state index in [1.807, 2.05) is 42.5 Å². The Balaban J connectivity index is 1.43. The molecule has 5 heteroatoms. The zero-order chi connectivity index (χ0) is 16.5. The minimum absolute atomic E-state index is 0.0476. The minimum Gasteiger partial charge on any atom is -0.493 e. The van der Waals surface area contributed by atoms with Crippen LogP contribution in [0.1, 0.15) is 35.4 Å². The molecule has 2 aromatic rings. The van der Waals surface area contributed by atoms with E-state index in [4.69, 9.17) is 4.74 Å². The molecule has 1 N–H and O–H groups in total. The third kappa shape index (κ3) is 2.94. The number of ether oxygens (including phenoxy) is 1. The van der Waals surface area contributed by atoms with E-state index in [1.54, 1.807) is 0 Å². The number of fused-ring (bicyclic) bond motifs is 2. The number of para-hydroxylation sites is 1. The predicted octanol–water partition coefficient (Wildman–Crippen LogP) is 3.13. The van der Waals surface area contributed by atoms with Gasteiger partial charge in [0.1, 0.15) is 5.75 Å². The van der Waals surface area contributed by atoms with Crippen molar-refractivity contribution in [3.63, 3.8) is 0 Å². The maximum atomic E-state index is 12.8. The second-order valence-corrected chi connectivity index (χ2v) is 7.50. The van der Waals surface area contributed by atoms with E-state index in [-0.39, 0.29) is 18.0 Å². The third-order valence-electron chi connectivity index (χ3n) is 5.04. The highest BCUT2D eigenvalue weighted by atomic mass is 32.1. The van der Waals surface area contributed by atoms with Crippen LogP contribution in [0.25, 0.3) is 0 Å². The van der Waals surface area contributed by atoms with Crippen molar-refractivity contribution in [3.8, 4) is 5.75 Å². The molecule has 0 bridgehead atoms. The van der Waals surface area contributed by atoms with Gasteiger partial charge in [-0.05, 0) is 36.4 Å². The average Bonchev–Trinajstić information content (AvgIpc) is 3.09. The number of nitrogens with zero attached hydrogens (tertiary/aromatic N) is 1. The Morgan fingerprint density at radius 2 is 2.25 bits per heavy atom. The first-order valence-electron chi connectivity index (χ1n) is 8.54. The molecular weight excluding hydrogens is 320 g/mol. The topological polar surface area (TPSA) is 41.6 Å². The molecule has 1 aromatic heterocycles. The molecule has 0 aliphatic carbocycles. The summed E-state index contributed by atoms with van der Waals surface area (Å²) in [7, 11) is 0. The van der Waals surface area contributed by atoms with Crippen molar-refractivity contribution >= 4 is 17.2 Å². The largest absolute Gasteiger partial charge is 0.493 e. The van der Waals surface area contributed by atoms with Gasteiger partial charge in [0.15, 0.2) is 0 Å². The van der Waals surface area contributed by atoms with Crippen LogP contribution in [-0.4, -0.2) is 30.0 Å². The zero-order valence-electron chi connectivity index (χ0n) is 13.8. The van der Waals surface area contributed by atoms with Crippen molar-refractivity contribution in [2.75, 3.05) is 13.2 Å². The molecule has 126 valence electrons. The van der Waals surface area contributed by atoms with Gasteiger partial charge in [-0.25, -0.2) is 0 Å². The summed E-state index contributed by atoms with van der Waals surface area (Å²) in [6.07, 6.45) is 1.87. The fourth-order valence-corrected chi connectivity index (χ4v) is 4.44. The molecule has 2 aliphatic heterocycles. The first-order chi connectivity index (χ1) is 11.7. The molecule has 0 spiro atoms. The molecule has 0 saturated heterocycles. The molecular formula is C19H22N2O2S. The first kappa shape index (κ1) is 15.7. The molecule has 4 nitrogen and oxygen atoms in total. The summed E-state index contributed by atoms with van der Waals surface area (Å²) in [5.41, 5.74) is 2.46. The van der Waals surface area contributed by atoms with Gasteiger partial charge in [-0.2, -0.15) is 0 Å². The van der Waals surface area contributed by atoms with Crippen molar-refractivity contribution < 1.29 is 9.53 Å². The number of carbonyl (C=O) groups excluding carboxylic acids is 1. The summed E-state index contributed by atoms with van der Waals surface area (Å²) in [5.74, 6) is 0.998. The van der Waals surface area contributed by atoms with E-state index >= 15 is 0 Å². The third-order valence-corrected chi connectivity index (χ3v) is 6.06. The zero-order valence-corrected chi connectivity index (χ0v) is 14.6. The Labute approximate surface area is 146 Å². The van der Waals surface area contributed by atoms with Crippen LogP contribution >= 0.6 is 11.3 Å². The lowest BCUT2D eigenvalue weighted by Gasteiger charge is -2.33. The molecule has 24 heavy (non-hydrogen) atoms. The van der Waals surface area contributed by atoms with Gasteiger partial charge in [0.25, 0.3) is 0 Å². The average molecular weight is 342 g/mol. The first-order valence-corrected chi connectivity index (χ1v) is 9.42.